The molecule has 0 bridgehead atoms. The van der Waals surface area contributed by atoms with Crippen LogP contribution in [0.4, 0.5) is 0 Å². The van der Waals surface area contributed by atoms with E-state index in [1.165, 1.54) is 10.4 Å². The number of nitrogens with zero attached hydrogens (tertiary/aromatic N) is 1. The predicted molar refractivity (Wildman–Crippen MR) is 64.0 cm³/mol. The van der Waals surface area contributed by atoms with Crippen molar-refractivity contribution in [1.82, 2.24) is 4.31 Å². The Balaban J connectivity index is 2.39. The largest absolute Gasteiger partial charge is 0.477 e. The second kappa shape index (κ2) is 4.08. The third-order valence-electron chi connectivity index (χ3n) is 2.78. The van der Waals surface area contributed by atoms with Gasteiger partial charge in [-0.25, -0.2) is 13.2 Å². The highest BCUT2D eigenvalue weighted by atomic mass is 32.2. The molecule has 2 rings (SSSR count). The summed E-state index contributed by atoms with van der Waals surface area (Å²) in [4.78, 5) is 11.0. The average Bonchev–Trinajstić information content (AvgIpc) is 2.99. The van der Waals surface area contributed by atoms with Crippen LogP contribution in [0.1, 0.15) is 28.1 Å². The van der Waals surface area contributed by atoms with E-state index in [9.17, 15) is 13.2 Å². The standard InChI is InChI=1S/C10H13NO4S2/c1-6-5-8(16-9(6)10(12)13)17(14,15)11(2)7-3-4-7/h5,7H,3-4H2,1-2H3,(H,12,13). The van der Waals surface area contributed by atoms with E-state index in [-0.39, 0.29) is 15.1 Å². The molecular weight excluding hydrogens is 262 g/mol. The quantitative estimate of drug-likeness (QED) is 0.904. The molecule has 1 aliphatic rings. The molecule has 5 nitrogen and oxygen atoms in total. The van der Waals surface area contributed by atoms with E-state index in [2.05, 4.69) is 0 Å². The van der Waals surface area contributed by atoms with Gasteiger partial charge in [0.25, 0.3) is 10.0 Å². The average molecular weight is 275 g/mol. The third-order valence-corrected chi connectivity index (χ3v) is 6.37. The number of aryl methyl sites for hydroxylation is 1. The molecule has 0 unspecified atom stereocenters. The predicted octanol–water partition coefficient (Wildman–Crippen LogP) is 1.54. The van der Waals surface area contributed by atoms with Crippen molar-refractivity contribution in [2.24, 2.45) is 0 Å². The van der Waals surface area contributed by atoms with E-state index >= 15 is 0 Å². The second-order valence-electron chi connectivity index (χ2n) is 4.14. The zero-order chi connectivity index (χ0) is 12.8. The molecule has 0 atom stereocenters. The minimum absolute atomic E-state index is 0.0793. The first-order chi connectivity index (χ1) is 7.84. The summed E-state index contributed by atoms with van der Waals surface area (Å²) in [7, 11) is -1.98. The lowest BCUT2D eigenvalue weighted by Crippen LogP contribution is -2.28. The minimum Gasteiger partial charge on any atom is -0.477 e. The Bertz CT molecular complexity index is 557. The smallest absolute Gasteiger partial charge is 0.346 e. The Morgan fingerprint density at radius 3 is 2.53 bits per heavy atom. The van der Waals surface area contributed by atoms with Gasteiger partial charge in [0, 0.05) is 13.1 Å². The third kappa shape index (κ3) is 2.22. The summed E-state index contributed by atoms with van der Waals surface area (Å²) in [6.45, 7) is 1.61. The van der Waals surface area contributed by atoms with E-state index in [0.29, 0.717) is 5.56 Å². The van der Waals surface area contributed by atoms with E-state index in [1.807, 2.05) is 0 Å². The van der Waals surface area contributed by atoms with Crippen LogP contribution >= 0.6 is 11.3 Å². The van der Waals surface area contributed by atoms with Crippen molar-refractivity contribution < 1.29 is 18.3 Å². The summed E-state index contributed by atoms with van der Waals surface area (Å²) in [5.41, 5.74) is 0.491. The summed E-state index contributed by atoms with van der Waals surface area (Å²) in [5.74, 6) is -1.08. The van der Waals surface area contributed by atoms with Crippen molar-refractivity contribution in [2.45, 2.75) is 30.0 Å². The van der Waals surface area contributed by atoms with Crippen LogP contribution in [-0.4, -0.2) is 36.9 Å². The summed E-state index contributed by atoms with van der Waals surface area (Å²) in [6.07, 6.45) is 1.76. The molecular formula is C10H13NO4S2. The van der Waals surface area contributed by atoms with Gasteiger partial charge in [-0.2, -0.15) is 4.31 Å². The zero-order valence-electron chi connectivity index (χ0n) is 9.50. The normalized spacial score (nSPS) is 16.4. The maximum atomic E-state index is 12.1. The van der Waals surface area contributed by atoms with Crippen molar-refractivity contribution in [3.8, 4) is 0 Å². The molecule has 0 aliphatic heterocycles. The Morgan fingerprint density at radius 2 is 2.12 bits per heavy atom. The van der Waals surface area contributed by atoms with Crippen LogP contribution in [0.5, 0.6) is 0 Å². The molecule has 0 saturated heterocycles. The summed E-state index contributed by atoms with van der Waals surface area (Å²) in [6, 6.07) is 1.51. The monoisotopic (exact) mass is 275 g/mol. The molecule has 17 heavy (non-hydrogen) atoms. The first-order valence-electron chi connectivity index (χ1n) is 5.16. The van der Waals surface area contributed by atoms with Crippen molar-refractivity contribution in [1.29, 1.82) is 0 Å². The lowest BCUT2D eigenvalue weighted by Gasteiger charge is -2.14. The Morgan fingerprint density at radius 1 is 1.53 bits per heavy atom. The molecule has 0 radical (unpaired) electrons. The molecule has 7 heteroatoms. The molecule has 1 aliphatic carbocycles. The molecule has 94 valence electrons. The van der Waals surface area contributed by atoms with Crippen molar-refractivity contribution in [3.05, 3.63) is 16.5 Å². The Labute approximate surface area is 104 Å². The van der Waals surface area contributed by atoms with Gasteiger partial charge in [-0.3, -0.25) is 0 Å². The fourth-order valence-electron chi connectivity index (χ4n) is 1.57. The summed E-state index contributed by atoms with van der Waals surface area (Å²) in [5, 5.41) is 8.91. The van der Waals surface area contributed by atoms with Gasteiger partial charge in [0.1, 0.15) is 9.09 Å². The van der Waals surface area contributed by atoms with Crippen LogP contribution in [0.15, 0.2) is 10.3 Å². The maximum Gasteiger partial charge on any atom is 0.346 e. The number of thiophene rings is 1. The lowest BCUT2D eigenvalue weighted by atomic mass is 10.3. The van der Waals surface area contributed by atoms with Crippen molar-refractivity contribution in [2.75, 3.05) is 7.05 Å². The van der Waals surface area contributed by atoms with Gasteiger partial charge in [-0.1, -0.05) is 0 Å². The molecule has 1 aromatic rings. The van der Waals surface area contributed by atoms with Gasteiger partial charge < -0.3 is 5.11 Å². The second-order valence-corrected chi connectivity index (χ2v) is 7.41. The van der Waals surface area contributed by atoms with Crippen molar-refractivity contribution >= 4 is 27.3 Å². The van der Waals surface area contributed by atoms with E-state index in [4.69, 9.17) is 5.11 Å². The van der Waals surface area contributed by atoms with Gasteiger partial charge in [-0.15, -0.1) is 11.3 Å². The molecule has 1 aromatic heterocycles. The summed E-state index contributed by atoms with van der Waals surface area (Å²) < 4.78 is 25.7. The maximum absolute atomic E-state index is 12.1. The van der Waals surface area contributed by atoms with Gasteiger partial charge in [0.05, 0.1) is 0 Å². The molecule has 0 aromatic carbocycles. The number of carboxylic acids is 1. The van der Waals surface area contributed by atoms with Crippen LogP contribution in [0.3, 0.4) is 0 Å². The fourth-order valence-corrected chi connectivity index (χ4v) is 4.55. The van der Waals surface area contributed by atoms with Crippen LogP contribution in [-0.2, 0) is 10.0 Å². The lowest BCUT2D eigenvalue weighted by molar-refractivity contribution is 0.0701. The van der Waals surface area contributed by atoms with E-state index < -0.39 is 16.0 Å². The number of aromatic carboxylic acids is 1. The molecule has 1 fully saturated rings. The van der Waals surface area contributed by atoms with E-state index in [1.54, 1.807) is 14.0 Å². The van der Waals surface area contributed by atoms with Gasteiger partial charge in [0.2, 0.25) is 0 Å². The van der Waals surface area contributed by atoms with Crippen LogP contribution in [0.25, 0.3) is 0 Å². The number of carbonyl (C=O) groups is 1. The zero-order valence-corrected chi connectivity index (χ0v) is 11.1. The highest BCUT2D eigenvalue weighted by Gasteiger charge is 2.36. The van der Waals surface area contributed by atoms with Gasteiger partial charge in [-0.05, 0) is 31.4 Å². The Hall–Kier alpha value is -0.920. The molecule has 0 amide bonds. The molecule has 1 saturated carbocycles. The number of carboxylic acid groups (broad SMARTS) is 1. The van der Waals surface area contributed by atoms with E-state index in [0.717, 1.165) is 24.2 Å². The topological polar surface area (TPSA) is 74.7 Å². The SMILES string of the molecule is Cc1cc(S(=O)(=O)N(C)C2CC2)sc1C(=O)O. The van der Waals surface area contributed by atoms with Crippen molar-refractivity contribution in [3.63, 3.8) is 0 Å². The number of rotatable bonds is 4. The molecule has 0 spiro atoms. The minimum atomic E-state index is -3.52. The number of hydrogen-bond donors (Lipinski definition) is 1. The highest BCUT2D eigenvalue weighted by molar-refractivity contribution is 7.91. The summed E-state index contributed by atoms with van der Waals surface area (Å²) >= 11 is 0.819. The van der Waals surface area contributed by atoms with Crippen LogP contribution in [0, 0.1) is 6.92 Å². The fraction of sp³-hybridized carbons (Fsp3) is 0.500. The van der Waals surface area contributed by atoms with Crippen LogP contribution < -0.4 is 0 Å². The van der Waals surface area contributed by atoms with Gasteiger partial charge >= 0.3 is 5.97 Å². The number of hydrogen-bond acceptors (Lipinski definition) is 4. The van der Waals surface area contributed by atoms with Crippen LogP contribution in [0.2, 0.25) is 0 Å². The molecule has 1 heterocycles. The molecule has 1 N–H and O–H groups in total. The van der Waals surface area contributed by atoms with Gasteiger partial charge in [0.15, 0.2) is 0 Å². The first kappa shape index (κ1) is 12.5. The highest BCUT2D eigenvalue weighted by Crippen LogP contribution is 2.34. The first-order valence-corrected chi connectivity index (χ1v) is 7.41. The Kier molecular flexibility index (Phi) is 3.01. The number of sulfonamides is 1.